The minimum absolute atomic E-state index is 0.423. The van der Waals surface area contributed by atoms with Crippen LogP contribution in [0.3, 0.4) is 0 Å². The molecule has 0 heterocycles. The molecule has 6 heteroatoms. The zero-order valence-corrected chi connectivity index (χ0v) is 20.3. The minimum atomic E-state index is -0.556. The van der Waals surface area contributed by atoms with Crippen LogP contribution >= 0.6 is 27.2 Å². The summed E-state index contributed by atoms with van der Waals surface area (Å²) >= 11 is -0.556. The Hall–Kier alpha value is -1.02. The maximum absolute atomic E-state index is 10.4. The summed E-state index contributed by atoms with van der Waals surface area (Å²) in [5, 5.41) is 12.7. The van der Waals surface area contributed by atoms with Gasteiger partial charge in [-0.2, -0.15) is 0 Å². The van der Waals surface area contributed by atoms with Gasteiger partial charge in [0.05, 0.1) is 0 Å². The Kier molecular flexibility index (Phi) is 9.85. The van der Waals surface area contributed by atoms with Gasteiger partial charge in [-0.05, 0) is 48.0 Å². The van der Waals surface area contributed by atoms with Gasteiger partial charge in [0.1, 0.15) is 5.75 Å². The zero-order valence-electron chi connectivity index (χ0n) is 16.2. The Labute approximate surface area is 186 Å². The third-order valence-electron chi connectivity index (χ3n) is 4.46. The molecule has 0 spiro atoms. The number of phenolic OH excluding ortho intramolecular Hbond substituents is 1. The number of hydrogen-bond acceptors (Lipinski definition) is 2. The first-order chi connectivity index (χ1) is 13.5. The van der Waals surface area contributed by atoms with Crippen LogP contribution in [-0.2, 0) is 23.6 Å². The normalized spacial score (nSPS) is 10.5. The molecule has 1 unspecified atom stereocenters. The SMILES string of the molecule is Cc1cccc(Pc2c(C)cccc2CN(C)c2ccccc2)c1O.[Cl][Ti][Cl]. The Balaban J connectivity index is 0.000000878. The molecular weight excluding hydrogens is 444 g/mol. The molecule has 3 rings (SSSR count). The van der Waals surface area contributed by atoms with Gasteiger partial charge in [-0.3, -0.25) is 0 Å². The van der Waals surface area contributed by atoms with Gasteiger partial charge in [-0.25, -0.2) is 0 Å². The molecule has 1 atom stereocenters. The first-order valence-electron chi connectivity index (χ1n) is 8.84. The van der Waals surface area contributed by atoms with E-state index < -0.39 is 17.0 Å². The van der Waals surface area contributed by atoms with Gasteiger partial charge >= 0.3 is 35.6 Å². The summed E-state index contributed by atoms with van der Waals surface area (Å²) in [6.07, 6.45) is 0. The summed E-state index contributed by atoms with van der Waals surface area (Å²) in [5.41, 5.74) is 4.72. The van der Waals surface area contributed by atoms with Gasteiger partial charge in [-0.1, -0.05) is 63.2 Å². The molecule has 2 nitrogen and oxygen atoms in total. The summed E-state index contributed by atoms with van der Waals surface area (Å²) in [5.74, 6) is 0.423. The number of hydrogen-bond donors (Lipinski definition) is 1. The Morgan fingerprint density at radius 1 is 0.893 bits per heavy atom. The Morgan fingerprint density at radius 3 is 2.18 bits per heavy atom. The molecule has 1 N–H and O–H groups in total. The van der Waals surface area contributed by atoms with E-state index in [-0.39, 0.29) is 0 Å². The van der Waals surface area contributed by atoms with Gasteiger partial charge < -0.3 is 10.0 Å². The summed E-state index contributed by atoms with van der Waals surface area (Å²) in [4.78, 5) is 2.26. The number of para-hydroxylation sites is 2. The number of rotatable bonds is 5. The van der Waals surface area contributed by atoms with Crippen molar-refractivity contribution in [2.24, 2.45) is 0 Å². The average molecular weight is 468 g/mol. The third-order valence-corrected chi connectivity index (χ3v) is 6.10. The first-order valence-corrected chi connectivity index (χ1v) is 14.1. The molecule has 0 aliphatic heterocycles. The molecule has 0 amide bonds. The molecule has 28 heavy (non-hydrogen) atoms. The van der Waals surface area contributed by atoms with Crippen molar-refractivity contribution in [3.05, 3.63) is 83.4 Å². The second-order valence-electron chi connectivity index (χ2n) is 6.47. The molecule has 0 saturated heterocycles. The van der Waals surface area contributed by atoms with Crippen LogP contribution in [0.25, 0.3) is 0 Å². The van der Waals surface area contributed by atoms with E-state index in [4.69, 9.17) is 18.6 Å². The van der Waals surface area contributed by atoms with E-state index in [1.165, 1.54) is 22.1 Å². The van der Waals surface area contributed by atoms with E-state index >= 15 is 0 Å². The molecule has 0 aromatic heterocycles. The molecule has 0 aliphatic carbocycles. The summed E-state index contributed by atoms with van der Waals surface area (Å²) in [7, 11) is 12.3. The van der Waals surface area contributed by atoms with Crippen molar-refractivity contribution >= 4 is 43.5 Å². The summed E-state index contributed by atoms with van der Waals surface area (Å²) in [6, 6.07) is 22.9. The molecule has 0 radical (unpaired) electrons. The van der Waals surface area contributed by atoms with Crippen molar-refractivity contribution in [2.75, 3.05) is 11.9 Å². The van der Waals surface area contributed by atoms with E-state index in [9.17, 15) is 5.11 Å². The van der Waals surface area contributed by atoms with E-state index in [0.29, 0.717) is 14.3 Å². The van der Waals surface area contributed by atoms with E-state index in [0.717, 1.165) is 17.4 Å². The van der Waals surface area contributed by atoms with Gasteiger partial charge in [0, 0.05) is 24.6 Å². The van der Waals surface area contributed by atoms with Crippen molar-refractivity contribution in [3.63, 3.8) is 0 Å². The van der Waals surface area contributed by atoms with Crippen molar-refractivity contribution in [1.82, 2.24) is 0 Å². The fourth-order valence-electron chi connectivity index (χ4n) is 2.96. The predicted molar refractivity (Wildman–Crippen MR) is 122 cm³/mol. The average Bonchev–Trinajstić information content (AvgIpc) is 2.69. The zero-order chi connectivity index (χ0) is 20.5. The third kappa shape index (κ3) is 6.51. The van der Waals surface area contributed by atoms with Crippen LogP contribution < -0.4 is 15.5 Å². The van der Waals surface area contributed by atoms with Crippen molar-refractivity contribution < 1.29 is 22.1 Å². The molecule has 146 valence electrons. The van der Waals surface area contributed by atoms with Crippen molar-refractivity contribution in [2.45, 2.75) is 20.4 Å². The van der Waals surface area contributed by atoms with E-state index in [2.05, 4.69) is 61.3 Å². The monoisotopic (exact) mass is 467 g/mol. The molecule has 3 aromatic rings. The standard InChI is InChI=1S/C22H24NOP.2ClH.Ti/c1-16-9-8-14-20(21(16)24)25-22-17(2)10-7-11-18(22)15-23(3)19-12-5-4-6-13-19;;;/h4-14,24-25H,15H2,1-3H3;2*1H;/q;;;+2/p-2. The van der Waals surface area contributed by atoms with Crippen LogP contribution in [0.5, 0.6) is 5.75 Å². The van der Waals surface area contributed by atoms with Crippen LogP contribution in [0.15, 0.2) is 66.7 Å². The van der Waals surface area contributed by atoms with Gasteiger partial charge in [0.15, 0.2) is 0 Å². The molecule has 0 aliphatic rings. The van der Waals surface area contributed by atoms with E-state index in [1.54, 1.807) is 0 Å². The number of aromatic hydroxyl groups is 1. The number of phenols is 1. The first kappa shape index (κ1) is 23.3. The van der Waals surface area contributed by atoms with Crippen LogP contribution in [0.1, 0.15) is 16.7 Å². The fourth-order valence-corrected chi connectivity index (χ4v) is 4.33. The number of benzene rings is 3. The number of anilines is 1. The second kappa shape index (κ2) is 11.9. The van der Waals surface area contributed by atoms with Crippen LogP contribution in [0.4, 0.5) is 5.69 Å². The number of nitrogens with zero attached hydrogens (tertiary/aromatic N) is 1. The van der Waals surface area contributed by atoms with Gasteiger partial charge in [-0.15, -0.1) is 0 Å². The van der Waals surface area contributed by atoms with Crippen LogP contribution in [-0.4, -0.2) is 12.2 Å². The molecular formula is C22H24Cl2NOPTi. The molecule has 0 bridgehead atoms. The molecule has 0 saturated carbocycles. The van der Waals surface area contributed by atoms with Crippen molar-refractivity contribution in [1.29, 1.82) is 0 Å². The van der Waals surface area contributed by atoms with Gasteiger partial charge in [0.2, 0.25) is 0 Å². The summed E-state index contributed by atoms with van der Waals surface area (Å²) < 4.78 is 0. The molecule has 0 fully saturated rings. The maximum atomic E-state index is 10.4. The van der Waals surface area contributed by atoms with Crippen LogP contribution in [0.2, 0.25) is 0 Å². The number of halogens is 2. The Morgan fingerprint density at radius 2 is 1.50 bits per heavy atom. The molecule has 3 aromatic carbocycles. The van der Waals surface area contributed by atoms with Crippen molar-refractivity contribution in [3.8, 4) is 5.75 Å². The summed E-state index contributed by atoms with van der Waals surface area (Å²) in [6.45, 7) is 4.95. The fraction of sp³-hybridized carbons (Fsp3) is 0.182. The van der Waals surface area contributed by atoms with Gasteiger partial charge in [0.25, 0.3) is 0 Å². The van der Waals surface area contributed by atoms with E-state index in [1.807, 2.05) is 31.2 Å². The Bertz CT molecular complexity index is 893. The predicted octanol–water partition coefficient (Wildman–Crippen LogP) is 5.65. The topological polar surface area (TPSA) is 23.5 Å². The van der Waals surface area contributed by atoms with Crippen LogP contribution in [0, 0.1) is 13.8 Å². The number of aryl methyl sites for hydroxylation is 2. The second-order valence-corrected chi connectivity index (χ2v) is 10.3. The quantitative estimate of drug-likeness (QED) is 0.387.